The van der Waals surface area contributed by atoms with Gasteiger partial charge in [-0.15, -0.1) is 22.7 Å². The molecule has 0 saturated carbocycles. The number of hydrogen-bond acceptors (Lipinski definition) is 10. The zero-order chi connectivity index (χ0) is 25.9. The van der Waals surface area contributed by atoms with E-state index >= 15 is 0 Å². The zero-order valence-corrected chi connectivity index (χ0v) is 23.0. The van der Waals surface area contributed by atoms with Crippen molar-refractivity contribution in [2.45, 2.75) is 37.8 Å². The number of pyridine rings is 1. The minimum absolute atomic E-state index is 0.0133. The lowest BCUT2D eigenvalue weighted by molar-refractivity contribution is 0.391. The fourth-order valence-corrected chi connectivity index (χ4v) is 6.39. The van der Waals surface area contributed by atoms with Gasteiger partial charge in [-0.2, -0.15) is 8.42 Å². The quantitative estimate of drug-likeness (QED) is 0.296. The van der Waals surface area contributed by atoms with Crippen LogP contribution in [0.15, 0.2) is 58.5 Å². The lowest BCUT2D eigenvalue weighted by Gasteiger charge is -2.22. The number of anilines is 3. The smallest absolute Gasteiger partial charge is 0.283 e. The van der Waals surface area contributed by atoms with E-state index in [0.717, 1.165) is 5.69 Å². The molecule has 4 rings (SSSR count). The third-order valence-electron chi connectivity index (χ3n) is 5.26. The van der Waals surface area contributed by atoms with Crippen LogP contribution in [-0.4, -0.2) is 37.6 Å². The molecule has 9 nitrogen and oxygen atoms in total. The first-order chi connectivity index (χ1) is 17.1. The molecule has 3 heterocycles. The summed E-state index contributed by atoms with van der Waals surface area (Å²) < 4.78 is 39.3. The Balaban J connectivity index is 1.61. The molecule has 0 fully saturated rings. The minimum Gasteiger partial charge on any atom is -0.497 e. The number of thiazole rings is 2. The van der Waals surface area contributed by atoms with Gasteiger partial charge in [0.15, 0.2) is 15.3 Å². The third kappa shape index (κ3) is 5.61. The van der Waals surface area contributed by atoms with Crippen molar-refractivity contribution in [3.63, 3.8) is 0 Å². The molecule has 0 atom stereocenters. The molecule has 1 N–H and O–H groups in total. The average molecular weight is 546 g/mol. The van der Waals surface area contributed by atoms with E-state index in [1.54, 1.807) is 43.0 Å². The summed E-state index contributed by atoms with van der Waals surface area (Å²) in [6.07, 6.45) is 3.05. The van der Waals surface area contributed by atoms with Gasteiger partial charge in [0.1, 0.15) is 11.5 Å². The van der Waals surface area contributed by atoms with Crippen molar-refractivity contribution in [3.8, 4) is 11.5 Å². The second-order valence-corrected chi connectivity index (χ2v) is 12.3. The van der Waals surface area contributed by atoms with Crippen molar-refractivity contribution in [3.05, 3.63) is 64.7 Å². The van der Waals surface area contributed by atoms with E-state index in [2.05, 4.69) is 41.0 Å². The van der Waals surface area contributed by atoms with Crippen molar-refractivity contribution < 1.29 is 17.9 Å². The van der Waals surface area contributed by atoms with Gasteiger partial charge in [0.2, 0.25) is 0 Å². The first-order valence-corrected chi connectivity index (χ1v) is 14.1. The normalized spacial score (nSPS) is 11.8. The standard InChI is InChI=1S/C24H27N5O4S3/c1-24(2,3)20-15-35-22(28-20)27-17-7-9-21(26-13-17)36(30,31)29(23-25-10-11-34-23)14-16-6-8-18(32-4)12-19(16)33-5/h6-13,15H,14H2,1-5H3,(H,27,28). The molecule has 0 aliphatic heterocycles. The highest BCUT2D eigenvalue weighted by Gasteiger charge is 2.29. The SMILES string of the molecule is COc1ccc(CN(c2nccs2)S(=O)(=O)c2ccc(Nc3nc(C(C)(C)C)cs3)cn2)c(OC)c1. The molecule has 4 aromatic rings. The second kappa shape index (κ2) is 10.4. The Labute approximate surface area is 218 Å². The highest BCUT2D eigenvalue weighted by molar-refractivity contribution is 7.92. The highest BCUT2D eigenvalue weighted by Crippen LogP contribution is 2.32. The van der Waals surface area contributed by atoms with Crippen LogP contribution in [0, 0.1) is 0 Å². The van der Waals surface area contributed by atoms with Crippen molar-refractivity contribution in [1.82, 2.24) is 15.0 Å². The van der Waals surface area contributed by atoms with E-state index in [-0.39, 0.29) is 17.0 Å². The van der Waals surface area contributed by atoms with Crippen molar-refractivity contribution in [1.29, 1.82) is 0 Å². The first kappa shape index (κ1) is 25.9. The maximum Gasteiger partial charge on any atom is 0.283 e. The maximum absolute atomic E-state index is 13.7. The van der Waals surface area contributed by atoms with E-state index < -0.39 is 10.0 Å². The molecule has 1 aromatic carbocycles. The number of ether oxygens (including phenoxy) is 2. The number of nitrogens with zero attached hydrogens (tertiary/aromatic N) is 4. The summed E-state index contributed by atoms with van der Waals surface area (Å²) in [5.41, 5.74) is 2.23. The van der Waals surface area contributed by atoms with Crippen LogP contribution < -0.4 is 19.1 Å². The largest absolute Gasteiger partial charge is 0.497 e. The van der Waals surface area contributed by atoms with Crippen LogP contribution in [0.4, 0.5) is 16.0 Å². The zero-order valence-electron chi connectivity index (χ0n) is 20.5. The lowest BCUT2D eigenvalue weighted by atomic mass is 9.93. The van der Waals surface area contributed by atoms with Gasteiger partial charge in [-0.1, -0.05) is 20.8 Å². The summed E-state index contributed by atoms with van der Waals surface area (Å²) in [5.74, 6) is 1.12. The molecule has 0 aliphatic rings. The topological polar surface area (TPSA) is 107 Å². The first-order valence-electron chi connectivity index (χ1n) is 10.9. The predicted octanol–water partition coefficient (Wildman–Crippen LogP) is 5.45. The summed E-state index contributed by atoms with van der Waals surface area (Å²) in [6.45, 7) is 6.31. The summed E-state index contributed by atoms with van der Waals surface area (Å²) in [5, 5.41) is 7.88. The molecule has 190 valence electrons. The number of sulfonamides is 1. The number of rotatable bonds is 9. The van der Waals surface area contributed by atoms with Gasteiger partial charge < -0.3 is 14.8 Å². The van der Waals surface area contributed by atoms with Gasteiger partial charge in [-0.05, 0) is 24.3 Å². The Morgan fingerprint density at radius 2 is 1.86 bits per heavy atom. The summed E-state index contributed by atoms with van der Waals surface area (Å²) in [4.78, 5) is 13.1. The molecule has 36 heavy (non-hydrogen) atoms. The average Bonchev–Trinajstić information content (AvgIpc) is 3.55. The van der Waals surface area contributed by atoms with Gasteiger partial charge >= 0.3 is 0 Å². The van der Waals surface area contributed by atoms with E-state index in [1.165, 1.54) is 46.4 Å². The van der Waals surface area contributed by atoms with E-state index in [4.69, 9.17) is 9.47 Å². The molecule has 0 radical (unpaired) electrons. The fourth-order valence-electron chi connectivity index (χ4n) is 3.25. The third-order valence-corrected chi connectivity index (χ3v) is 8.58. The molecule has 0 aliphatic carbocycles. The summed E-state index contributed by atoms with van der Waals surface area (Å²) in [7, 11) is -0.938. The van der Waals surface area contributed by atoms with Gasteiger partial charge in [-0.25, -0.2) is 19.3 Å². The van der Waals surface area contributed by atoms with Crippen LogP contribution in [0.3, 0.4) is 0 Å². The van der Waals surface area contributed by atoms with Crippen LogP contribution in [0.2, 0.25) is 0 Å². The molecule has 0 unspecified atom stereocenters. The number of methoxy groups -OCH3 is 2. The monoisotopic (exact) mass is 545 g/mol. The molecule has 0 spiro atoms. The van der Waals surface area contributed by atoms with Gasteiger partial charge in [0, 0.05) is 34.0 Å². The van der Waals surface area contributed by atoms with Gasteiger partial charge in [-0.3, -0.25) is 0 Å². The molecular formula is C24H27N5O4S3. The van der Waals surface area contributed by atoms with Crippen LogP contribution in [0.25, 0.3) is 0 Å². The highest BCUT2D eigenvalue weighted by atomic mass is 32.2. The van der Waals surface area contributed by atoms with Crippen LogP contribution in [-0.2, 0) is 22.0 Å². The minimum atomic E-state index is -4.03. The Morgan fingerprint density at radius 1 is 1.06 bits per heavy atom. The Bertz CT molecular complexity index is 1410. The fraction of sp³-hybridized carbons (Fsp3) is 0.292. The van der Waals surface area contributed by atoms with Crippen LogP contribution in [0.1, 0.15) is 32.0 Å². The summed E-state index contributed by atoms with van der Waals surface area (Å²) >= 11 is 2.71. The Hall–Kier alpha value is -3.22. The molecular weight excluding hydrogens is 518 g/mol. The Morgan fingerprint density at radius 3 is 2.44 bits per heavy atom. The molecule has 0 amide bonds. The predicted molar refractivity (Wildman–Crippen MR) is 143 cm³/mol. The van der Waals surface area contributed by atoms with Crippen molar-refractivity contribution in [2.24, 2.45) is 0 Å². The number of hydrogen-bond donors (Lipinski definition) is 1. The van der Waals surface area contributed by atoms with E-state index in [1.807, 2.05) is 5.38 Å². The van der Waals surface area contributed by atoms with Crippen LogP contribution in [0.5, 0.6) is 11.5 Å². The van der Waals surface area contributed by atoms with E-state index in [9.17, 15) is 8.42 Å². The molecule has 3 aromatic heterocycles. The van der Waals surface area contributed by atoms with Gasteiger partial charge in [0.25, 0.3) is 10.0 Å². The maximum atomic E-state index is 13.7. The number of nitrogens with one attached hydrogen (secondary N) is 1. The van der Waals surface area contributed by atoms with Crippen molar-refractivity contribution >= 4 is 48.6 Å². The second-order valence-electron chi connectivity index (χ2n) is 8.80. The molecule has 12 heteroatoms. The lowest BCUT2D eigenvalue weighted by Crippen LogP contribution is -2.31. The number of aromatic nitrogens is 3. The molecule has 0 bridgehead atoms. The van der Waals surface area contributed by atoms with Gasteiger partial charge in [0.05, 0.1) is 38.3 Å². The Kier molecular flexibility index (Phi) is 7.48. The molecule has 0 saturated heterocycles. The van der Waals surface area contributed by atoms with Crippen molar-refractivity contribution in [2.75, 3.05) is 23.8 Å². The summed E-state index contributed by atoms with van der Waals surface area (Å²) in [6, 6.07) is 8.39. The number of benzene rings is 1. The van der Waals surface area contributed by atoms with Crippen LogP contribution >= 0.6 is 22.7 Å². The van der Waals surface area contributed by atoms with E-state index in [0.29, 0.717) is 33.0 Å².